The summed E-state index contributed by atoms with van der Waals surface area (Å²) in [7, 11) is 0. The van der Waals surface area contributed by atoms with Crippen LogP contribution in [0.5, 0.6) is 0 Å². The van der Waals surface area contributed by atoms with Crippen LogP contribution < -0.4 is 5.32 Å². The molecule has 6 heteroatoms. The predicted octanol–water partition coefficient (Wildman–Crippen LogP) is 3.84. The Morgan fingerprint density at radius 3 is 3.09 bits per heavy atom. The number of nitrogens with one attached hydrogen (secondary N) is 1. The Morgan fingerprint density at radius 2 is 2.30 bits per heavy atom. The third kappa shape index (κ3) is 2.84. The Balaban J connectivity index is 1.61. The summed E-state index contributed by atoms with van der Waals surface area (Å²) in [6.07, 6.45) is 6.45. The van der Waals surface area contributed by atoms with E-state index in [1.165, 1.54) is 0 Å². The number of hydrogen-bond acceptors (Lipinski definition) is 4. The number of halogens is 1. The second kappa shape index (κ2) is 5.87. The first-order valence-electron chi connectivity index (χ1n) is 7.74. The van der Waals surface area contributed by atoms with Crippen LogP contribution in [-0.4, -0.2) is 20.8 Å². The molecule has 3 aromatic heterocycles. The fraction of sp³-hybridized carbons (Fsp3) is 0.294. The van der Waals surface area contributed by atoms with Crippen molar-refractivity contribution in [3.05, 3.63) is 54.3 Å². The zero-order chi connectivity index (χ0) is 15.6. The van der Waals surface area contributed by atoms with Crippen molar-refractivity contribution in [2.45, 2.75) is 32.0 Å². The summed E-state index contributed by atoms with van der Waals surface area (Å²) in [6, 6.07) is 7.58. The first-order valence-corrected chi connectivity index (χ1v) is 7.74. The van der Waals surface area contributed by atoms with Crippen LogP contribution in [0.25, 0.3) is 11.2 Å². The maximum Gasteiger partial charge on any atom is 0.154 e. The van der Waals surface area contributed by atoms with Gasteiger partial charge in [0.1, 0.15) is 17.7 Å². The van der Waals surface area contributed by atoms with Gasteiger partial charge >= 0.3 is 0 Å². The zero-order valence-corrected chi connectivity index (χ0v) is 12.6. The van der Waals surface area contributed by atoms with Gasteiger partial charge in [-0.1, -0.05) is 6.08 Å². The van der Waals surface area contributed by atoms with Crippen molar-refractivity contribution in [1.29, 1.82) is 0 Å². The number of hydrogen-bond donors (Lipinski definition) is 1. The molecule has 1 aliphatic carbocycles. The van der Waals surface area contributed by atoms with Crippen LogP contribution in [0.15, 0.2) is 47.2 Å². The molecule has 0 saturated heterocycles. The van der Waals surface area contributed by atoms with Gasteiger partial charge in [-0.3, -0.25) is 0 Å². The summed E-state index contributed by atoms with van der Waals surface area (Å²) in [5.41, 5.74) is 2.84. The monoisotopic (exact) mass is 312 g/mol. The van der Waals surface area contributed by atoms with Gasteiger partial charge in [0, 0.05) is 0 Å². The molecule has 118 valence electrons. The first kappa shape index (κ1) is 14.0. The van der Waals surface area contributed by atoms with E-state index in [1.807, 2.05) is 41.1 Å². The number of anilines is 1. The van der Waals surface area contributed by atoms with Crippen molar-refractivity contribution in [2.24, 2.45) is 0 Å². The first-order chi connectivity index (χ1) is 11.3. The molecule has 1 N–H and O–H groups in total. The van der Waals surface area contributed by atoms with Crippen LogP contribution in [-0.2, 0) is 6.54 Å². The third-order valence-corrected chi connectivity index (χ3v) is 4.06. The van der Waals surface area contributed by atoms with Crippen LogP contribution in [0, 0.1) is 0 Å². The van der Waals surface area contributed by atoms with E-state index in [1.54, 1.807) is 6.26 Å². The Hall–Kier alpha value is -2.63. The number of rotatable bonds is 4. The Kier molecular flexibility index (Phi) is 3.57. The largest absolute Gasteiger partial charge is 0.467 e. The highest BCUT2D eigenvalue weighted by Gasteiger charge is 2.17. The molecule has 1 unspecified atom stereocenters. The molecule has 0 saturated carbocycles. The molecule has 0 spiro atoms. The standard InChI is InChI=1S/C17H17FN4O/c18-13-5-3-12(4-6-13)15-11-20-17-8-7-16(21-22(15)17)19-10-14-2-1-9-23-14/h1-3,7-9,11,13H,4-6,10H2,(H,19,21). The van der Waals surface area contributed by atoms with Gasteiger partial charge < -0.3 is 9.73 Å². The van der Waals surface area contributed by atoms with E-state index in [0.29, 0.717) is 19.4 Å². The van der Waals surface area contributed by atoms with Gasteiger partial charge in [0.15, 0.2) is 5.65 Å². The van der Waals surface area contributed by atoms with Gasteiger partial charge in [0.05, 0.1) is 24.7 Å². The van der Waals surface area contributed by atoms with Gasteiger partial charge in [-0.05, 0) is 49.1 Å². The maximum absolute atomic E-state index is 13.3. The fourth-order valence-corrected chi connectivity index (χ4v) is 2.81. The lowest BCUT2D eigenvalue weighted by atomic mass is 9.96. The van der Waals surface area contributed by atoms with Crippen LogP contribution in [0.1, 0.15) is 30.7 Å². The van der Waals surface area contributed by atoms with E-state index in [-0.39, 0.29) is 0 Å². The minimum atomic E-state index is -0.726. The molecule has 1 atom stereocenters. The van der Waals surface area contributed by atoms with Crippen molar-refractivity contribution in [1.82, 2.24) is 14.6 Å². The van der Waals surface area contributed by atoms with Crippen molar-refractivity contribution < 1.29 is 8.81 Å². The molecule has 0 amide bonds. The summed E-state index contributed by atoms with van der Waals surface area (Å²) in [5, 5.41) is 7.83. The zero-order valence-electron chi connectivity index (χ0n) is 12.6. The van der Waals surface area contributed by atoms with Gasteiger partial charge in [-0.2, -0.15) is 0 Å². The number of alkyl halides is 1. The molecule has 0 aliphatic heterocycles. The molecule has 1 aliphatic rings. The minimum absolute atomic E-state index is 0.471. The lowest BCUT2D eigenvalue weighted by molar-refractivity contribution is 0.314. The van der Waals surface area contributed by atoms with E-state index < -0.39 is 6.17 Å². The number of aromatic nitrogens is 3. The minimum Gasteiger partial charge on any atom is -0.467 e. The van der Waals surface area contributed by atoms with Crippen LogP contribution in [0.4, 0.5) is 10.2 Å². The van der Waals surface area contributed by atoms with Crippen LogP contribution in [0.3, 0.4) is 0 Å². The second-order valence-corrected chi connectivity index (χ2v) is 5.67. The average Bonchev–Trinajstić information content (AvgIpc) is 3.23. The molecular formula is C17H17FN4O. The molecule has 5 nitrogen and oxygen atoms in total. The number of furan rings is 1. The van der Waals surface area contributed by atoms with Gasteiger partial charge in [-0.25, -0.2) is 13.9 Å². The van der Waals surface area contributed by atoms with Crippen LogP contribution >= 0.6 is 0 Å². The number of nitrogens with zero attached hydrogens (tertiary/aromatic N) is 3. The van der Waals surface area contributed by atoms with Crippen molar-refractivity contribution in [2.75, 3.05) is 5.32 Å². The quantitative estimate of drug-likeness (QED) is 0.795. The second-order valence-electron chi connectivity index (χ2n) is 5.67. The van der Waals surface area contributed by atoms with E-state index >= 15 is 0 Å². The third-order valence-electron chi connectivity index (χ3n) is 4.06. The molecule has 4 rings (SSSR count). The van der Waals surface area contributed by atoms with E-state index in [0.717, 1.165) is 34.9 Å². The van der Waals surface area contributed by atoms with Gasteiger partial charge in [-0.15, -0.1) is 5.10 Å². The van der Waals surface area contributed by atoms with E-state index in [9.17, 15) is 4.39 Å². The molecular weight excluding hydrogens is 295 g/mol. The van der Waals surface area contributed by atoms with E-state index in [4.69, 9.17) is 4.42 Å². The predicted molar refractivity (Wildman–Crippen MR) is 85.7 cm³/mol. The highest BCUT2D eigenvalue weighted by Crippen LogP contribution is 2.28. The molecule has 0 bridgehead atoms. The lowest BCUT2D eigenvalue weighted by Crippen LogP contribution is -2.08. The van der Waals surface area contributed by atoms with Crippen molar-refractivity contribution >= 4 is 17.0 Å². The summed E-state index contributed by atoms with van der Waals surface area (Å²) in [5.74, 6) is 1.59. The topological polar surface area (TPSA) is 55.4 Å². The fourth-order valence-electron chi connectivity index (χ4n) is 2.81. The highest BCUT2D eigenvalue weighted by molar-refractivity contribution is 5.66. The molecule has 3 aromatic rings. The molecule has 0 fully saturated rings. The Morgan fingerprint density at radius 1 is 1.35 bits per heavy atom. The summed E-state index contributed by atoms with van der Waals surface area (Å²) < 4.78 is 20.4. The SMILES string of the molecule is FC1CC=C(c2cnc3ccc(NCc4ccco4)nn23)CC1. The Labute approximate surface area is 132 Å². The van der Waals surface area contributed by atoms with Crippen LogP contribution in [0.2, 0.25) is 0 Å². The Bertz CT molecular complexity index is 838. The molecule has 3 heterocycles. The lowest BCUT2D eigenvalue weighted by Gasteiger charge is -2.15. The van der Waals surface area contributed by atoms with Crippen molar-refractivity contribution in [3.63, 3.8) is 0 Å². The van der Waals surface area contributed by atoms with Crippen molar-refractivity contribution in [3.8, 4) is 0 Å². The molecule has 23 heavy (non-hydrogen) atoms. The summed E-state index contributed by atoms with van der Waals surface area (Å²) >= 11 is 0. The molecule has 0 radical (unpaired) electrons. The average molecular weight is 312 g/mol. The number of fused-ring (bicyclic) bond motifs is 1. The number of allylic oxidation sites excluding steroid dienone is 2. The molecule has 0 aromatic carbocycles. The number of imidazole rings is 1. The smallest absolute Gasteiger partial charge is 0.154 e. The maximum atomic E-state index is 13.3. The van der Waals surface area contributed by atoms with E-state index in [2.05, 4.69) is 15.4 Å². The highest BCUT2D eigenvalue weighted by atomic mass is 19.1. The summed E-state index contributed by atoms with van der Waals surface area (Å²) in [6.45, 7) is 0.571. The normalized spacial score (nSPS) is 18.1. The van der Waals surface area contributed by atoms with Gasteiger partial charge in [0.25, 0.3) is 0 Å². The van der Waals surface area contributed by atoms with Gasteiger partial charge in [0.2, 0.25) is 0 Å². The summed E-state index contributed by atoms with van der Waals surface area (Å²) in [4.78, 5) is 4.38.